The van der Waals surface area contributed by atoms with E-state index in [0.29, 0.717) is 5.56 Å². The van der Waals surface area contributed by atoms with Crippen LogP contribution in [-0.2, 0) is 21.2 Å². The Balaban J connectivity index is 1.88. The van der Waals surface area contributed by atoms with E-state index in [4.69, 9.17) is 0 Å². The molecular weight excluding hydrogens is 414 g/mol. The Labute approximate surface area is 164 Å². The van der Waals surface area contributed by atoms with Crippen molar-refractivity contribution in [3.8, 4) is 0 Å². The molecule has 0 aromatic heterocycles. The van der Waals surface area contributed by atoms with Gasteiger partial charge in [-0.05, 0) is 36.2 Å². The summed E-state index contributed by atoms with van der Waals surface area (Å²) in [6, 6.07) is 7.37. The van der Waals surface area contributed by atoms with Gasteiger partial charge in [0.25, 0.3) is 10.2 Å². The Hall–Kier alpha value is -2.50. The summed E-state index contributed by atoms with van der Waals surface area (Å²) in [4.78, 5) is 12.7. The zero-order valence-electron chi connectivity index (χ0n) is 15.1. The minimum Gasteiger partial charge on any atom is -0.324 e. The van der Waals surface area contributed by atoms with Crippen LogP contribution in [0.4, 0.5) is 23.2 Å². The van der Waals surface area contributed by atoms with Crippen molar-refractivity contribution in [2.75, 3.05) is 12.4 Å². The SMILES string of the molecule is CN1[C@H](C(=O)Nc2ccccc2C(F)(F)F)C[C@@H](c2ccc(F)cc2)NS1(=O)=O. The topological polar surface area (TPSA) is 78.5 Å². The third-order valence-electron chi connectivity index (χ3n) is 4.63. The van der Waals surface area contributed by atoms with Gasteiger partial charge in [-0.3, -0.25) is 4.79 Å². The Morgan fingerprint density at radius 2 is 1.76 bits per heavy atom. The van der Waals surface area contributed by atoms with Gasteiger partial charge in [0.2, 0.25) is 5.91 Å². The first kappa shape index (κ1) is 21.2. The highest BCUT2D eigenvalue weighted by atomic mass is 32.2. The number of anilines is 1. The molecule has 3 rings (SSSR count). The highest BCUT2D eigenvalue weighted by Crippen LogP contribution is 2.35. The fraction of sp³-hybridized carbons (Fsp3) is 0.278. The monoisotopic (exact) mass is 431 g/mol. The Bertz CT molecular complexity index is 1010. The minimum absolute atomic E-state index is 0.0542. The van der Waals surface area contributed by atoms with Crippen molar-refractivity contribution in [2.24, 2.45) is 0 Å². The molecule has 2 aromatic rings. The highest BCUT2D eigenvalue weighted by molar-refractivity contribution is 7.87. The molecule has 29 heavy (non-hydrogen) atoms. The van der Waals surface area contributed by atoms with Crippen LogP contribution in [0.25, 0.3) is 0 Å². The zero-order valence-corrected chi connectivity index (χ0v) is 15.9. The van der Waals surface area contributed by atoms with Gasteiger partial charge in [0.1, 0.15) is 11.9 Å². The number of alkyl halides is 3. The average Bonchev–Trinajstić information content (AvgIpc) is 2.64. The molecule has 1 amide bonds. The lowest BCUT2D eigenvalue weighted by molar-refractivity contribution is -0.137. The second-order valence-corrected chi connectivity index (χ2v) is 8.29. The summed E-state index contributed by atoms with van der Waals surface area (Å²) in [6.07, 6.45) is -4.74. The number of benzene rings is 2. The van der Waals surface area contributed by atoms with Crippen molar-refractivity contribution in [2.45, 2.75) is 24.7 Å². The zero-order chi connectivity index (χ0) is 21.4. The van der Waals surface area contributed by atoms with E-state index < -0.39 is 51.4 Å². The van der Waals surface area contributed by atoms with E-state index >= 15 is 0 Å². The molecule has 0 aliphatic carbocycles. The number of para-hydroxylation sites is 1. The van der Waals surface area contributed by atoms with E-state index in [1.54, 1.807) is 0 Å². The van der Waals surface area contributed by atoms with Gasteiger partial charge in [-0.15, -0.1) is 0 Å². The van der Waals surface area contributed by atoms with E-state index in [2.05, 4.69) is 10.0 Å². The van der Waals surface area contributed by atoms with Crippen molar-refractivity contribution < 1.29 is 30.8 Å². The number of rotatable bonds is 3. The second-order valence-electron chi connectivity index (χ2n) is 6.53. The number of hydrogen-bond donors (Lipinski definition) is 2. The molecule has 1 fully saturated rings. The molecule has 2 atom stereocenters. The number of nitrogens with one attached hydrogen (secondary N) is 2. The van der Waals surface area contributed by atoms with E-state index in [9.17, 15) is 30.8 Å². The van der Waals surface area contributed by atoms with Crippen molar-refractivity contribution in [1.82, 2.24) is 9.03 Å². The standard InChI is InChI=1S/C18H17F4N3O3S/c1-25-16(17(26)23-14-5-3-2-4-13(14)18(20,21)22)10-15(24-29(25,27)28)11-6-8-12(19)9-7-11/h2-9,15-16,24H,10H2,1H3,(H,23,26)/t15-,16-/m0/s1. The number of carbonyl (C=O) groups is 1. The van der Waals surface area contributed by atoms with Crippen LogP contribution in [0, 0.1) is 5.82 Å². The Morgan fingerprint density at radius 3 is 2.38 bits per heavy atom. The average molecular weight is 431 g/mol. The fourth-order valence-electron chi connectivity index (χ4n) is 3.08. The first-order valence-electron chi connectivity index (χ1n) is 8.47. The second kappa shape index (κ2) is 7.73. The van der Waals surface area contributed by atoms with Gasteiger partial charge >= 0.3 is 6.18 Å². The molecule has 0 bridgehead atoms. The maximum atomic E-state index is 13.2. The maximum Gasteiger partial charge on any atom is 0.418 e. The summed E-state index contributed by atoms with van der Waals surface area (Å²) >= 11 is 0. The lowest BCUT2D eigenvalue weighted by Gasteiger charge is -2.36. The Morgan fingerprint density at radius 1 is 1.14 bits per heavy atom. The molecule has 2 aromatic carbocycles. The summed E-state index contributed by atoms with van der Waals surface area (Å²) in [7, 11) is -2.93. The van der Waals surface area contributed by atoms with Crippen LogP contribution in [0.3, 0.4) is 0 Å². The third kappa shape index (κ3) is 4.57. The molecule has 1 saturated heterocycles. The number of nitrogens with zero attached hydrogens (tertiary/aromatic N) is 1. The number of hydrogen-bond acceptors (Lipinski definition) is 3. The van der Waals surface area contributed by atoms with Crippen LogP contribution in [-0.4, -0.2) is 31.7 Å². The highest BCUT2D eigenvalue weighted by Gasteiger charge is 2.41. The fourth-order valence-corrected chi connectivity index (χ4v) is 4.35. The van der Waals surface area contributed by atoms with Gasteiger partial charge in [0, 0.05) is 13.1 Å². The predicted octanol–water partition coefficient (Wildman–Crippen LogP) is 3.06. The van der Waals surface area contributed by atoms with Crippen LogP contribution >= 0.6 is 0 Å². The van der Waals surface area contributed by atoms with Crippen LogP contribution in [0.2, 0.25) is 0 Å². The molecule has 0 saturated carbocycles. The largest absolute Gasteiger partial charge is 0.418 e. The summed E-state index contributed by atoms with van der Waals surface area (Å²) in [5.41, 5.74) is -1.08. The number of likely N-dealkylation sites (N-methyl/N-ethyl adjacent to an activating group) is 1. The van der Waals surface area contributed by atoms with Crippen molar-refractivity contribution in [3.05, 3.63) is 65.5 Å². The molecule has 1 aliphatic rings. The van der Waals surface area contributed by atoms with Crippen LogP contribution in [0.15, 0.2) is 48.5 Å². The van der Waals surface area contributed by atoms with E-state index in [0.717, 1.165) is 35.6 Å². The molecule has 0 unspecified atom stereocenters. The molecule has 1 heterocycles. The van der Waals surface area contributed by atoms with Gasteiger partial charge in [-0.25, -0.2) is 4.39 Å². The van der Waals surface area contributed by atoms with Gasteiger partial charge in [-0.2, -0.15) is 30.6 Å². The molecular formula is C18H17F4N3O3S. The quantitative estimate of drug-likeness (QED) is 0.734. The van der Waals surface area contributed by atoms with Crippen LogP contribution in [0.5, 0.6) is 0 Å². The van der Waals surface area contributed by atoms with E-state index in [1.807, 2.05) is 0 Å². The lowest BCUT2D eigenvalue weighted by Crippen LogP contribution is -2.56. The third-order valence-corrected chi connectivity index (χ3v) is 6.23. The Kier molecular flexibility index (Phi) is 5.65. The summed E-state index contributed by atoms with van der Waals surface area (Å²) < 4.78 is 80.6. The van der Waals surface area contributed by atoms with Gasteiger partial charge in [-0.1, -0.05) is 24.3 Å². The van der Waals surface area contributed by atoms with Crippen LogP contribution < -0.4 is 10.0 Å². The molecule has 2 N–H and O–H groups in total. The van der Waals surface area contributed by atoms with E-state index in [-0.39, 0.29) is 6.42 Å². The molecule has 1 aliphatic heterocycles. The van der Waals surface area contributed by atoms with Crippen molar-refractivity contribution in [3.63, 3.8) is 0 Å². The first-order chi connectivity index (χ1) is 13.5. The summed E-state index contributed by atoms with van der Waals surface area (Å²) in [6.45, 7) is 0. The summed E-state index contributed by atoms with van der Waals surface area (Å²) in [5.74, 6) is -1.41. The molecule has 11 heteroatoms. The van der Waals surface area contributed by atoms with Crippen molar-refractivity contribution >= 4 is 21.8 Å². The molecule has 0 spiro atoms. The van der Waals surface area contributed by atoms with Gasteiger partial charge < -0.3 is 5.32 Å². The first-order valence-corrected chi connectivity index (χ1v) is 9.91. The van der Waals surface area contributed by atoms with Gasteiger partial charge in [0.15, 0.2) is 0 Å². The normalized spacial score (nSPS) is 22.2. The summed E-state index contributed by atoms with van der Waals surface area (Å²) in [5, 5.41) is 2.18. The predicted molar refractivity (Wildman–Crippen MR) is 97.4 cm³/mol. The maximum absolute atomic E-state index is 13.2. The number of carbonyl (C=O) groups excluding carboxylic acids is 1. The lowest BCUT2D eigenvalue weighted by atomic mass is 9.99. The number of halogens is 4. The minimum atomic E-state index is -4.69. The van der Waals surface area contributed by atoms with Crippen LogP contribution in [0.1, 0.15) is 23.6 Å². The smallest absolute Gasteiger partial charge is 0.324 e. The van der Waals surface area contributed by atoms with Crippen molar-refractivity contribution in [1.29, 1.82) is 0 Å². The number of amides is 1. The molecule has 6 nitrogen and oxygen atoms in total. The van der Waals surface area contributed by atoms with Gasteiger partial charge in [0.05, 0.1) is 11.3 Å². The molecule has 156 valence electrons. The van der Waals surface area contributed by atoms with E-state index in [1.165, 1.54) is 24.3 Å². The molecule has 0 radical (unpaired) electrons.